The van der Waals surface area contributed by atoms with Crippen LogP contribution < -0.4 is 4.90 Å². The molecule has 0 saturated heterocycles. The molecule has 3 nitrogen and oxygen atoms in total. The first-order valence-electron chi connectivity index (χ1n) is 4.68. The van der Waals surface area contributed by atoms with Crippen molar-refractivity contribution in [2.45, 2.75) is 19.4 Å². The van der Waals surface area contributed by atoms with E-state index in [2.05, 4.69) is 9.88 Å². The lowest BCUT2D eigenvalue weighted by Crippen LogP contribution is -2.19. The van der Waals surface area contributed by atoms with Crippen molar-refractivity contribution in [1.82, 2.24) is 4.98 Å². The molecule has 1 saturated carbocycles. The van der Waals surface area contributed by atoms with Crippen LogP contribution in [0.5, 0.6) is 0 Å². The summed E-state index contributed by atoms with van der Waals surface area (Å²) in [5.74, 6) is 0.834. The summed E-state index contributed by atoms with van der Waals surface area (Å²) in [4.78, 5) is 7.08. The first kappa shape index (κ1) is 10.2. The van der Waals surface area contributed by atoms with Gasteiger partial charge in [-0.05, 0) is 18.8 Å². The molecule has 0 aromatic carbocycles. The van der Waals surface area contributed by atoms with Gasteiger partial charge in [0, 0.05) is 13.6 Å². The third kappa shape index (κ3) is 2.19. The summed E-state index contributed by atoms with van der Waals surface area (Å²) in [7, 11) is 2.02. The van der Waals surface area contributed by atoms with Crippen molar-refractivity contribution >= 4 is 28.1 Å². The van der Waals surface area contributed by atoms with E-state index in [9.17, 15) is 0 Å². The average molecular weight is 233 g/mol. The van der Waals surface area contributed by atoms with Crippen LogP contribution in [0.3, 0.4) is 0 Å². The largest absolute Gasteiger partial charge is 0.391 e. The van der Waals surface area contributed by atoms with Crippen molar-refractivity contribution in [3.05, 3.63) is 10.0 Å². The summed E-state index contributed by atoms with van der Waals surface area (Å²) in [6, 6.07) is 0. The topological polar surface area (TPSA) is 36.4 Å². The molecular weight excluding hydrogens is 220 g/mol. The molecule has 0 amide bonds. The molecule has 1 fully saturated rings. The molecule has 2 rings (SSSR count). The van der Waals surface area contributed by atoms with Crippen LogP contribution in [0.25, 0.3) is 0 Å². The highest BCUT2D eigenvalue weighted by Gasteiger charge is 2.24. The van der Waals surface area contributed by atoms with Crippen molar-refractivity contribution in [3.63, 3.8) is 0 Å². The lowest BCUT2D eigenvalue weighted by molar-refractivity contribution is 0.285. The standard InChI is InChI=1S/C9H13ClN2OS/c1-12(4-6-2-3-6)9-11-8(10)7(5-13)14-9/h6,13H,2-5H2,1H3. The van der Waals surface area contributed by atoms with E-state index in [-0.39, 0.29) is 6.61 Å². The normalized spacial score (nSPS) is 15.9. The van der Waals surface area contributed by atoms with Crippen LogP contribution in [-0.2, 0) is 6.61 Å². The number of anilines is 1. The first-order chi connectivity index (χ1) is 6.70. The Morgan fingerprint density at radius 3 is 2.86 bits per heavy atom. The van der Waals surface area contributed by atoms with Crippen LogP contribution in [0.15, 0.2) is 0 Å². The predicted octanol–water partition coefficient (Wildman–Crippen LogP) is 2.14. The first-order valence-corrected chi connectivity index (χ1v) is 5.87. The Morgan fingerprint density at radius 1 is 1.64 bits per heavy atom. The second kappa shape index (κ2) is 4.04. The molecule has 1 aliphatic carbocycles. The summed E-state index contributed by atoms with van der Waals surface area (Å²) in [6.07, 6.45) is 2.66. The van der Waals surface area contributed by atoms with Gasteiger partial charge in [-0.3, -0.25) is 0 Å². The molecule has 1 aliphatic rings. The highest BCUT2D eigenvalue weighted by molar-refractivity contribution is 7.16. The summed E-state index contributed by atoms with van der Waals surface area (Å²) < 4.78 is 0. The van der Waals surface area contributed by atoms with Crippen molar-refractivity contribution in [3.8, 4) is 0 Å². The Hall–Kier alpha value is -0.320. The Labute approximate surface area is 92.3 Å². The number of rotatable bonds is 4. The predicted molar refractivity (Wildman–Crippen MR) is 59.0 cm³/mol. The summed E-state index contributed by atoms with van der Waals surface area (Å²) in [5, 5.41) is 10.3. The molecule has 1 heterocycles. The minimum Gasteiger partial charge on any atom is -0.391 e. The Morgan fingerprint density at radius 2 is 2.36 bits per heavy atom. The van der Waals surface area contributed by atoms with Crippen LogP contribution in [0.2, 0.25) is 5.15 Å². The molecule has 0 aliphatic heterocycles. The van der Waals surface area contributed by atoms with Crippen LogP contribution in [-0.4, -0.2) is 23.7 Å². The highest BCUT2D eigenvalue weighted by atomic mass is 35.5. The fourth-order valence-electron chi connectivity index (χ4n) is 1.35. The zero-order valence-electron chi connectivity index (χ0n) is 8.03. The van der Waals surface area contributed by atoms with Crippen LogP contribution in [0.4, 0.5) is 5.13 Å². The maximum Gasteiger partial charge on any atom is 0.186 e. The van der Waals surface area contributed by atoms with Gasteiger partial charge in [-0.15, -0.1) is 0 Å². The molecule has 0 spiro atoms. The van der Waals surface area contributed by atoms with Crippen molar-refractivity contribution in [1.29, 1.82) is 0 Å². The smallest absolute Gasteiger partial charge is 0.186 e. The van der Waals surface area contributed by atoms with Gasteiger partial charge in [0.05, 0.1) is 11.5 Å². The fourth-order valence-corrected chi connectivity index (χ4v) is 2.44. The van der Waals surface area contributed by atoms with Gasteiger partial charge in [0.2, 0.25) is 0 Å². The minimum atomic E-state index is -0.0201. The van der Waals surface area contributed by atoms with Crippen LogP contribution in [0, 0.1) is 5.92 Å². The van der Waals surface area contributed by atoms with Crippen molar-refractivity contribution in [2.75, 3.05) is 18.5 Å². The van der Waals surface area contributed by atoms with Crippen LogP contribution >= 0.6 is 22.9 Å². The molecule has 1 aromatic rings. The summed E-state index contributed by atoms with van der Waals surface area (Å²) in [5.41, 5.74) is 0. The van der Waals surface area contributed by atoms with Gasteiger partial charge in [0.15, 0.2) is 5.13 Å². The van der Waals surface area contributed by atoms with Gasteiger partial charge in [0.1, 0.15) is 5.15 Å². The lowest BCUT2D eigenvalue weighted by Gasteiger charge is -2.14. The molecule has 5 heteroatoms. The minimum absolute atomic E-state index is 0.0201. The molecule has 1 aromatic heterocycles. The summed E-state index contributed by atoms with van der Waals surface area (Å²) in [6.45, 7) is 1.03. The Balaban J connectivity index is 2.06. The van der Waals surface area contributed by atoms with Crippen molar-refractivity contribution in [2.24, 2.45) is 5.92 Å². The quantitative estimate of drug-likeness (QED) is 0.864. The van der Waals surface area contributed by atoms with E-state index in [0.717, 1.165) is 22.5 Å². The second-order valence-corrected chi connectivity index (χ2v) is 5.11. The number of nitrogens with zero attached hydrogens (tertiary/aromatic N) is 2. The molecule has 1 N–H and O–H groups in total. The van der Waals surface area contributed by atoms with E-state index >= 15 is 0 Å². The maximum atomic E-state index is 8.98. The van der Waals surface area contributed by atoms with Crippen LogP contribution in [0.1, 0.15) is 17.7 Å². The number of halogens is 1. The number of hydrogen-bond acceptors (Lipinski definition) is 4. The molecule has 0 atom stereocenters. The van der Waals surface area contributed by atoms with Gasteiger partial charge in [-0.2, -0.15) is 0 Å². The SMILES string of the molecule is CN(CC1CC1)c1nc(Cl)c(CO)s1. The Bertz CT molecular complexity index is 325. The molecular formula is C9H13ClN2OS. The second-order valence-electron chi connectivity index (χ2n) is 3.69. The number of aromatic nitrogens is 1. The highest BCUT2D eigenvalue weighted by Crippen LogP contribution is 2.33. The monoisotopic (exact) mass is 232 g/mol. The lowest BCUT2D eigenvalue weighted by atomic mass is 10.4. The summed E-state index contributed by atoms with van der Waals surface area (Å²) >= 11 is 7.32. The van der Waals surface area contributed by atoms with Gasteiger partial charge >= 0.3 is 0 Å². The third-order valence-corrected chi connectivity index (χ3v) is 3.92. The average Bonchev–Trinajstić information content (AvgIpc) is 2.87. The van der Waals surface area contributed by atoms with Gasteiger partial charge in [-0.25, -0.2) is 4.98 Å². The number of aliphatic hydroxyl groups is 1. The molecule has 0 bridgehead atoms. The molecule has 14 heavy (non-hydrogen) atoms. The zero-order valence-corrected chi connectivity index (χ0v) is 9.61. The third-order valence-electron chi connectivity index (χ3n) is 2.34. The maximum absolute atomic E-state index is 8.98. The number of thiazole rings is 1. The van der Waals surface area contributed by atoms with E-state index in [1.54, 1.807) is 0 Å². The van der Waals surface area contributed by atoms with E-state index in [1.165, 1.54) is 24.2 Å². The van der Waals surface area contributed by atoms with E-state index in [4.69, 9.17) is 16.7 Å². The fraction of sp³-hybridized carbons (Fsp3) is 0.667. The van der Waals surface area contributed by atoms with E-state index in [0.29, 0.717) is 5.15 Å². The van der Waals surface area contributed by atoms with E-state index < -0.39 is 0 Å². The zero-order chi connectivity index (χ0) is 10.1. The van der Waals surface area contributed by atoms with Gasteiger partial charge in [-0.1, -0.05) is 22.9 Å². The molecule has 0 radical (unpaired) electrons. The van der Waals surface area contributed by atoms with Crippen molar-refractivity contribution < 1.29 is 5.11 Å². The van der Waals surface area contributed by atoms with Gasteiger partial charge < -0.3 is 10.0 Å². The molecule has 0 unspecified atom stereocenters. The van der Waals surface area contributed by atoms with Gasteiger partial charge in [0.25, 0.3) is 0 Å². The Kier molecular flexibility index (Phi) is 2.95. The number of hydrogen-bond donors (Lipinski definition) is 1. The number of aliphatic hydroxyl groups excluding tert-OH is 1. The van der Waals surface area contributed by atoms with E-state index in [1.807, 2.05) is 7.05 Å². The molecule has 78 valence electrons.